The molecule has 4 aliphatic carbocycles. The molecule has 3 saturated carbocycles. The number of carbonyl (C=O) groups is 3. The topological polar surface area (TPSA) is 119 Å². The maximum absolute atomic E-state index is 15.9. The summed E-state index contributed by atoms with van der Waals surface area (Å²) in [5, 5.41) is 22.7. The molecule has 0 aromatic rings. The smallest absolute Gasteiger partial charge is 0.303 e. The minimum Gasteiger partial charge on any atom is -0.458 e. The Kier molecular flexibility index (Phi) is 6.14. The molecule has 0 bridgehead atoms. The number of carbonyl (C=O) groups excluding carboxylic acids is 3. The number of esters is 1. The number of rotatable bonds is 3. The van der Waals surface area contributed by atoms with E-state index >= 15 is 4.39 Å². The van der Waals surface area contributed by atoms with Crippen LogP contribution in [0.25, 0.3) is 0 Å². The number of halogens is 3. The number of aliphatic hydroxyl groups is 2. The number of allylic oxidation sites excluding steroid dienone is 1. The number of ketones is 2. The van der Waals surface area contributed by atoms with E-state index in [1.165, 1.54) is 13.0 Å². The Morgan fingerprint density at radius 2 is 1.84 bits per heavy atom. The summed E-state index contributed by atoms with van der Waals surface area (Å²) in [6.45, 7) is 7.79. The molecule has 1 heterocycles. The van der Waals surface area contributed by atoms with Crippen LogP contribution in [0.15, 0.2) is 11.6 Å². The van der Waals surface area contributed by atoms with Crippen molar-refractivity contribution in [2.24, 2.45) is 22.7 Å². The molecule has 1 aliphatic heterocycles. The van der Waals surface area contributed by atoms with E-state index in [-0.39, 0.29) is 30.8 Å². The number of Topliss-reactive ketones (excluding diaryl/α,β-unsaturated/α-hetero) is 1. The molecule has 0 radical (unpaired) electrons. The van der Waals surface area contributed by atoms with Gasteiger partial charge in [0.05, 0.1) is 16.5 Å². The van der Waals surface area contributed by atoms with E-state index in [1.54, 1.807) is 20.8 Å². The van der Waals surface area contributed by atoms with Crippen molar-refractivity contribution in [3.05, 3.63) is 11.6 Å². The van der Waals surface area contributed by atoms with Crippen LogP contribution >= 0.6 is 31.9 Å². The first-order valence-corrected chi connectivity index (χ1v) is 14.2. The molecule has 37 heavy (non-hydrogen) atoms. The van der Waals surface area contributed by atoms with Gasteiger partial charge in [0.2, 0.25) is 5.78 Å². The van der Waals surface area contributed by atoms with Gasteiger partial charge in [0.25, 0.3) is 0 Å². The van der Waals surface area contributed by atoms with Crippen LogP contribution in [-0.2, 0) is 28.6 Å². The number of hydrogen-bond donors (Lipinski definition) is 2. The number of fused-ring (bicyclic) bond motifs is 7. The number of alkyl halides is 3. The maximum Gasteiger partial charge on any atom is 0.303 e. The van der Waals surface area contributed by atoms with E-state index in [0.29, 0.717) is 6.42 Å². The second-order valence-corrected chi connectivity index (χ2v) is 15.0. The van der Waals surface area contributed by atoms with E-state index in [2.05, 4.69) is 31.9 Å². The first kappa shape index (κ1) is 27.8. The lowest BCUT2D eigenvalue weighted by Crippen LogP contribution is -2.71. The van der Waals surface area contributed by atoms with Crippen molar-refractivity contribution in [1.29, 1.82) is 0 Å². The summed E-state index contributed by atoms with van der Waals surface area (Å²) in [7, 11) is 0. The Morgan fingerprint density at radius 1 is 1.19 bits per heavy atom. The minimum atomic E-state index is -1.89. The van der Waals surface area contributed by atoms with Gasteiger partial charge in [-0.2, -0.15) is 0 Å². The van der Waals surface area contributed by atoms with Crippen molar-refractivity contribution in [3.63, 3.8) is 0 Å². The van der Waals surface area contributed by atoms with E-state index in [1.807, 2.05) is 6.92 Å². The largest absolute Gasteiger partial charge is 0.458 e. The van der Waals surface area contributed by atoms with Crippen molar-refractivity contribution in [2.75, 3.05) is 6.61 Å². The zero-order chi connectivity index (χ0) is 27.6. The molecule has 11 heteroatoms. The van der Waals surface area contributed by atoms with Crippen molar-refractivity contribution in [1.82, 2.24) is 0 Å². The highest BCUT2D eigenvalue weighted by Gasteiger charge is 2.80. The molecule has 206 valence electrons. The third-order valence-corrected chi connectivity index (χ3v) is 12.6. The lowest BCUT2D eigenvalue weighted by Gasteiger charge is -2.66. The molecule has 0 aromatic heterocycles. The highest BCUT2D eigenvalue weighted by atomic mass is 79.9. The van der Waals surface area contributed by atoms with Gasteiger partial charge >= 0.3 is 5.97 Å². The van der Waals surface area contributed by atoms with E-state index in [4.69, 9.17) is 14.2 Å². The first-order chi connectivity index (χ1) is 16.9. The van der Waals surface area contributed by atoms with Gasteiger partial charge in [-0.25, -0.2) is 4.39 Å². The third kappa shape index (κ3) is 3.46. The van der Waals surface area contributed by atoms with Crippen molar-refractivity contribution in [3.8, 4) is 0 Å². The standard InChI is InChI=1S/C26H33Br2FO8/c1-12(30)35-10-19(33)26-20(36-21(2,3)37-26)8-13-14-6-16(29)15-7-17(31)24(27,34)11-23(15,5)25(14,28)18(32)9-22(13,26)4/h7,13-14,16,18,20,32,34H,6,8-11H2,1-5H3/t13-,14-,16-,18-,20?,22-,23-,24?,25-,26+/m0/s1. The van der Waals surface area contributed by atoms with Crippen LogP contribution in [-0.4, -0.2) is 73.0 Å². The van der Waals surface area contributed by atoms with Crippen LogP contribution in [0.4, 0.5) is 4.39 Å². The number of hydrogen-bond acceptors (Lipinski definition) is 8. The van der Waals surface area contributed by atoms with Gasteiger partial charge in [-0.1, -0.05) is 29.8 Å². The highest BCUT2D eigenvalue weighted by molar-refractivity contribution is 9.10. The molecule has 0 aromatic carbocycles. The number of ether oxygens (including phenoxy) is 3. The molecule has 2 unspecified atom stereocenters. The summed E-state index contributed by atoms with van der Waals surface area (Å²) in [4.78, 5) is 37.8. The Hall–Kier alpha value is -0.720. The molecule has 4 fully saturated rings. The van der Waals surface area contributed by atoms with Crippen LogP contribution < -0.4 is 0 Å². The highest BCUT2D eigenvalue weighted by Crippen LogP contribution is 2.74. The summed E-state index contributed by atoms with van der Waals surface area (Å²) >= 11 is 6.99. The fourth-order valence-electron chi connectivity index (χ4n) is 8.52. The average Bonchev–Trinajstić information content (AvgIpc) is 3.16. The van der Waals surface area contributed by atoms with Gasteiger partial charge in [-0.3, -0.25) is 14.4 Å². The monoisotopic (exact) mass is 650 g/mol. The zero-order valence-corrected chi connectivity index (χ0v) is 24.6. The SMILES string of the molecule is CC(=O)OCC(=O)[C@@]12OC(C)(C)OC1C[C@H]1[C@@H]3C[C@H](F)C4=CC(=O)C(O)(Br)C[C@]4(C)[C@@]3(Br)[C@@H](O)C[C@@]12C. The van der Waals surface area contributed by atoms with Gasteiger partial charge in [0.15, 0.2) is 28.3 Å². The van der Waals surface area contributed by atoms with Gasteiger partial charge in [-0.15, -0.1) is 0 Å². The van der Waals surface area contributed by atoms with Gasteiger partial charge in [-0.05, 0) is 72.5 Å². The third-order valence-electron chi connectivity index (χ3n) is 9.90. The Bertz CT molecular complexity index is 1110. The van der Waals surface area contributed by atoms with Crippen molar-refractivity contribution in [2.45, 2.75) is 98.9 Å². The number of aliphatic hydroxyl groups excluding tert-OH is 1. The summed E-state index contributed by atoms with van der Waals surface area (Å²) < 4.78 is 30.6. The summed E-state index contributed by atoms with van der Waals surface area (Å²) in [6, 6.07) is 0. The quantitative estimate of drug-likeness (QED) is 0.353. The van der Waals surface area contributed by atoms with Crippen LogP contribution in [0.3, 0.4) is 0 Å². The zero-order valence-electron chi connectivity index (χ0n) is 21.5. The molecular weight excluding hydrogens is 619 g/mol. The van der Waals surface area contributed by atoms with Crippen molar-refractivity contribution < 1.29 is 43.2 Å². The molecule has 5 aliphatic rings. The molecule has 1 saturated heterocycles. The predicted molar refractivity (Wildman–Crippen MR) is 136 cm³/mol. The van der Waals surface area contributed by atoms with Crippen LogP contribution in [0.5, 0.6) is 0 Å². The van der Waals surface area contributed by atoms with Gasteiger partial charge < -0.3 is 24.4 Å². The molecule has 2 N–H and O–H groups in total. The van der Waals surface area contributed by atoms with E-state index in [0.717, 1.165) is 0 Å². The summed E-state index contributed by atoms with van der Waals surface area (Å²) in [6.07, 6.45) is -1.73. The van der Waals surface area contributed by atoms with E-state index < -0.39 is 79.5 Å². The fourth-order valence-corrected chi connectivity index (χ4v) is 10.2. The molecular formula is C26H33Br2FO8. The molecule has 0 amide bonds. The van der Waals surface area contributed by atoms with E-state index in [9.17, 15) is 24.6 Å². The lowest BCUT2D eigenvalue weighted by atomic mass is 9.44. The molecule has 8 nitrogen and oxygen atoms in total. The maximum atomic E-state index is 15.9. The molecule has 0 spiro atoms. The second kappa shape index (κ2) is 8.16. The summed E-state index contributed by atoms with van der Waals surface area (Å²) in [5.41, 5.74) is -3.34. The second-order valence-electron chi connectivity index (χ2n) is 12.3. The Labute approximate surface area is 231 Å². The fraction of sp³-hybridized carbons (Fsp3) is 0.808. The Balaban J connectivity index is 1.63. The normalized spacial score (nSPS) is 51.9. The minimum absolute atomic E-state index is 0.0162. The van der Waals surface area contributed by atoms with Crippen LogP contribution in [0.1, 0.15) is 60.3 Å². The predicted octanol–water partition coefficient (Wildman–Crippen LogP) is 3.28. The Morgan fingerprint density at radius 3 is 2.46 bits per heavy atom. The van der Waals surface area contributed by atoms with Crippen molar-refractivity contribution >= 4 is 49.4 Å². The molecule has 10 atom stereocenters. The molecule has 5 rings (SSSR count). The van der Waals surface area contributed by atoms with Gasteiger partial charge in [0.1, 0.15) is 6.17 Å². The van der Waals surface area contributed by atoms with Gasteiger partial charge in [0, 0.05) is 24.2 Å². The van der Waals surface area contributed by atoms with Crippen LogP contribution in [0, 0.1) is 22.7 Å². The average molecular weight is 652 g/mol. The first-order valence-electron chi connectivity index (χ1n) is 12.6. The summed E-state index contributed by atoms with van der Waals surface area (Å²) in [5.74, 6) is -3.58. The lowest BCUT2D eigenvalue weighted by molar-refractivity contribution is -0.225. The van der Waals surface area contributed by atoms with Crippen LogP contribution in [0.2, 0.25) is 0 Å².